The molecule has 0 fully saturated rings. The second kappa shape index (κ2) is 8.64. The van der Waals surface area contributed by atoms with E-state index in [4.69, 9.17) is 11.6 Å². The van der Waals surface area contributed by atoms with Crippen LogP contribution in [-0.4, -0.2) is 30.0 Å². The molecule has 0 atom stereocenters. The molecular formula is C23H23ClN4O4S. The highest BCUT2D eigenvalue weighted by Crippen LogP contribution is 2.36. The Balaban J connectivity index is 1.84. The van der Waals surface area contributed by atoms with Gasteiger partial charge in [0.25, 0.3) is 10.0 Å². The van der Waals surface area contributed by atoms with Gasteiger partial charge in [0.05, 0.1) is 16.3 Å². The lowest BCUT2D eigenvalue weighted by molar-refractivity contribution is -0.116. The van der Waals surface area contributed by atoms with Crippen LogP contribution in [0.3, 0.4) is 0 Å². The molecule has 2 heterocycles. The van der Waals surface area contributed by atoms with Crippen LogP contribution in [-0.2, 0) is 21.2 Å². The van der Waals surface area contributed by atoms with Crippen molar-refractivity contribution in [1.29, 1.82) is 0 Å². The molecule has 4 rings (SSSR count). The van der Waals surface area contributed by atoms with Crippen LogP contribution in [0.5, 0.6) is 0 Å². The molecule has 1 aromatic heterocycles. The van der Waals surface area contributed by atoms with E-state index in [1.54, 1.807) is 44.2 Å². The zero-order valence-corrected chi connectivity index (χ0v) is 20.0. The number of nitrogens with zero attached hydrogens (tertiary/aromatic N) is 2. The summed E-state index contributed by atoms with van der Waals surface area (Å²) in [5.41, 5.74) is 3.33. The zero-order chi connectivity index (χ0) is 23.9. The maximum absolute atomic E-state index is 13.3. The largest absolute Gasteiger partial charge is 0.310 e. The van der Waals surface area contributed by atoms with E-state index in [2.05, 4.69) is 15.1 Å². The molecule has 0 saturated heterocycles. The summed E-state index contributed by atoms with van der Waals surface area (Å²) in [5, 5.41) is 7.58. The number of amides is 1. The second-order valence-corrected chi connectivity index (χ2v) is 10.0. The predicted octanol–water partition coefficient (Wildman–Crippen LogP) is 4.56. The third kappa shape index (κ3) is 4.38. The third-order valence-electron chi connectivity index (χ3n) is 5.56. The number of hydrogen-bond donors (Lipinski definition) is 2. The summed E-state index contributed by atoms with van der Waals surface area (Å²) < 4.78 is 30.4. The van der Waals surface area contributed by atoms with Gasteiger partial charge in [-0.05, 0) is 55.2 Å². The van der Waals surface area contributed by atoms with Gasteiger partial charge >= 0.3 is 0 Å². The average Bonchev–Trinajstić information content (AvgIpc) is 3.06. The highest BCUT2D eigenvalue weighted by Gasteiger charge is 2.28. The number of carbonyl (C=O) groups is 2. The Labute approximate surface area is 197 Å². The van der Waals surface area contributed by atoms with E-state index in [9.17, 15) is 18.0 Å². The van der Waals surface area contributed by atoms with Gasteiger partial charge in [0.15, 0.2) is 0 Å². The van der Waals surface area contributed by atoms with Crippen LogP contribution >= 0.6 is 11.6 Å². The molecule has 1 aliphatic rings. The number of halogens is 1. The van der Waals surface area contributed by atoms with Crippen LogP contribution < -0.4 is 10.0 Å². The van der Waals surface area contributed by atoms with E-state index >= 15 is 0 Å². The van der Waals surface area contributed by atoms with Gasteiger partial charge in [-0.2, -0.15) is 9.78 Å². The number of aromatic nitrogens is 2. The summed E-state index contributed by atoms with van der Waals surface area (Å²) in [4.78, 5) is 24.8. The predicted molar refractivity (Wildman–Crippen MR) is 127 cm³/mol. The fourth-order valence-corrected chi connectivity index (χ4v) is 5.35. The monoisotopic (exact) mass is 486 g/mol. The Morgan fingerprint density at radius 3 is 2.55 bits per heavy atom. The molecular weight excluding hydrogens is 464 g/mol. The normalized spacial score (nSPS) is 13.9. The number of aryl methyl sites for hydroxylation is 3. The lowest BCUT2D eigenvalue weighted by Crippen LogP contribution is -2.15. The summed E-state index contributed by atoms with van der Waals surface area (Å²) in [5.74, 6) is -0.309. The highest BCUT2D eigenvalue weighted by molar-refractivity contribution is 7.92. The first-order chi connectivity index (χ1) is 15.6. The standard InChI is InChI=1S/C23H23ClN4O4S/c1-4-17-22(23-25-20(29)9-10-21(30)28(23)26-17)15-7-5-14(3)19(11-15)33(31,32)27-18-12-16(24)8-6-13(18)2/h5-8,11-12,27H,4,9-10H2,1-3H3,(H,25,29). The Hall–Kier alpha value is -3.17. The summed E-state index contributed by atoms with van der Waals surface area (Å²) in [6, 6.07) is 9.97. The van der Waals surface area contributed by atoms with E-state index < -0.39 is 10.0 Å². The maximum atomic E-state index is 13.3. The van der Waals surface area contributed by atoms with Gasteiger partial charge in [-0.3, -0.25) is 14.3 Å². The second-order valence-electron chi connectivity index (χ2n) is 7.92. The van der Waals surface area contributed by atoms with Crippen LogP contribution in [0.4, 0.5) is 11.5 Å². The fraction of sp³-hybridized carbons (Fsp3) is 0.261. The molecule has 0 bridgehead atoms. The maximum Gasteiger partial charge on any atom is 0.262 e. The van der Waals surface area contributed by atoms with Gasteiger partial charge in [0.2, 0.25) is 11.8 Å². The molecule has 10 heteroatoms. The van der Waals surface area contributed by atoms with Crippen molar-refractivity contribution in [3.8, 4) is 11.1 Å². The van der Waals surface area contributed by atoms with Crippen molar-refractivity contribution in [2.45, 2.75) is 44.9 Å². The van der Waals surface area contributed by atoms with Crippen molar-refractivity contribution >= 4 is 44.9 Å². The Kier molecular flexibility index (Phi) is 6.02. The molecule has 1 amide bonds. The number of nitrogens with one attached hydrogen (secondary N) is 2. The van der Waals surface area contributed by atoms with E-state index in [-0.39, 0.29) is 35.4 Å². The molecule has 0 radical (unpaired) electrons. The molecule has 3 aromatic rings. The number of carbonyl (C=O) groups excluding carboxylic acids is 2. The van der Waals surface area contributed by atoms with Crippen molar-refractivity contribution in [2.75, 3.05) is 10.0 Å². The van der Waals surface area contributed by atoms with Gasteiger partial charge in [-0.1, -0.05) is 36.7 Å². The number of fused-ring (bicyclic) bond motifs is 1. The molecule has 8 nitrogen and oxygen atoms in total. The van der Waals surface area contributed by atoms with Gasteiger partial charge in [0.1, 0.15) is 5.82 Å². The summed E-state index contributed by atoms with van der Waals surface area (Å²) in [6.07, 6.45) is 0.619. The van der Waals surface area contributed by atoms with Crippen molar-refractivity contribution < 1.29 is 18.0 Å². The van der Waals surface area contributed by atoms with Crippen LogP contribution in [0, 0.1) is 13.8 Å². The van der Waals surface area contributed by atoms with Crippen LogP contribution in [0.25, 0.3) is 11.1 Å². The van der Waals surface area contributed by atoms with Gasteiger partial charge < -0.3 is 5.32 Å². The molecule has 0 spiro atoms. The lowest BCUT2D eigenvalue weighted by Gasteiger charge is -2.14. The minimum atomic E-state index is -3.96. The summed E-state index contributed by atoms with van der Waals surface area (Å²) >= 11 is 6.05. The van der Waals surface area contributed by atoms with Crippen molar-refractivity contribution in [1.82, 2.24) is 9.78 Å². The van der Waals surface area contributed by atoms with Crippen LogP contribution in [0.2, 0.25) is 5.02 Å². The van der Waals surface area contributed by atoms with E-state index in [0.717, 1.165) is 5.56 Å². The highest BCUT2D eigenvalue weighted by atomic mass is 35.5. The number of benzene rings is 2. The first kappa shape index (κ1) is 23.0. The fourth-order valence-electron chi connectivity index (χ4n) is 3.78. The minimum absolute atomic E-state index is 0.0551. The SMILES string of the molecule is CCc1nn2c(c1-c1ccc(C)c(S(=O)(=O)Nc3cc(Cl)ccc3C)c1)NC(=O)CCC2=O. The number of sulfonamides is 1. The topological polar surface area (TPSA) is 110 Å². The first-order valence-corrected chi connectivity index (χ1v) is 12.3. The molecule has 0 unspecified atom stereocenters. The minimum Gasteiger partial charge on any atom is -0.310 e. The van der Waals surface area contributed by atoms with Crippen molar-refractivity contribution in [2.24, 2.45) is 0 Å². The van der Waals surface area contributed by atoms with Gasteiger partial charge in [-0.25, -0.2) is 8.42 Å². The molecule has 0 saturated carbocycles. The quantitative estimate of drug-likeness (QED) is 0.549. The third-order valence-corrected chi connectivity index (χ3v) is 7.31. The zero-order valence-electron chi connectivity index (χ0n) is 18.4. The van der Waals surface area contributed by atoms with Crippen molar-refractivity contribution in [3.05, 3.63) is 58.2 Å². The number of rotatable bonds is 5. The van der Waals surface area contributed by atoms with Crippen molar-refractivity contribution in [3.63, 3.8) is 0 Å². The molecule has 33 heavy (non-hydrogen) atoms. The Bertz CT molecular complexity index is 1400. The molecule has 172 valence electrons. The Morgan fingerprint density at radius 2 is 1.82 bits per heavy atom. The molecule has 2 aromatic carbocycles. The van der Waals surface area contributed by atoms with E-state index in [1.807, 2.05) is 6.92 Å². The molecule has 1 aliphatic heterocycles. The van der Waals surface area contributed by atoms with Gasteiger partial charge in [0, 0.05) is 23.4 Å². The molecule has 2 N–H and O–H groups in total. The summed E-state index contributed by atoms with van der Waals surface area (Å²) in [6.45, 7) is 5.37. The number of anilines is 2. The smallest absolute Gasteiger partial charge is 0.262 e. The molecule has 0 aliphatic carbocycles. The van der Waals surface area contributed by atoms with E-state index in [0.29, 0.717) is 39.5 Å². The Morgan fingerprint density at radius 1 is 1.09 bits per heavy atom. The first-order valence-electron chi connectivity index (χ1n) is 10.5. The van der Waals surface area contributed by atoms with E-state index in [1.165, 1.54) is 10.7 Å². The summed E-state index contributed by atoms with van der Waals surface area (Å²) in [7, 11) is -3.96. The van der Waals surface area contributed by atoms with Crippen LogP contribution in [0.15, 0.2) is 41.3 Å². The number of hydrogen-bond acceptors (Lipinski definition) is 5. The lowest BCUT2D eigenvalue weighted by atomic mass is 10.0. The average molecular weight is 487 g/mol. The van der Waals surface area contributed by atoms with Crippen LogP contribution in [0.1, 0.15) is 41.4 Å². The van der Waals surface area contributed by atoms with Gasteiger partial charge in [-0.15, -0.1) is 0 Å².